The van der Waals surface area contributed by atoms with Crippen molar-refractivity contribution >= 4 is 23.2 Å². The molecule has 1 heterocycles. The minimum Gasteiger partial charge on any atom is -0.378 e. The first-order valence-corrected chi connectivity index (χ1v) is 9.66. The van der Waals surface area contributed by atoms with Crippen molar-refractivity contribution in [3.8, 4) is 0 Å². The van der Waals surface area contributed by atoms with Gasteiger partial charge in [0.2, 0.25) is 0 Å². The van der Waals surface area contributed by atoms with Crippen molar-refractivity contribution in [2.45, 2.75) is 31.7 Å². The molecule has 2 aromatic rings. The molecule has 1 amide bonds. The van der Waals surface area contributed by atoms with Crippen LogP contribution in [0.1, 0.15) is 53.2 Å². The van der Waals surface area contributed by atoms with Crippen LogP contribution in [-0.2, 0) is 0 Å². The van der Waals surface area contributed by atoms with Crippen LogP contribution in [0.3, 0.4) is 0 Å². The lowest BCUT2D eigenvalue weighted by molar-refractivity contribution is 0.0953. The van der Waals surface area contributed by atoms with Crippen LogP contribution in [-0.4, -0.2) is 12.5 Å². The standard InChI is InChI=1S/C22H23ClN2O/c1-2-12-24-22(26)15-8-11-20-19(13-15)17-4-3-5-18(17)21(25-20)14-6-9-16(23)10-7-14/h3-4,6-11,13,17-18,21,25H,2,5,12H2,1H3,(H,24,26)/t17-,18+,21+/m1/s1. The van der Waals surface area contributed by atoms with Gasteiger partial charge in [-0.1, -0.05) is 42.8 Å². The van der Waals surface area contributed by atoms with E-state index in [1.54, 1.807) is 0 Å². The molecular formula is C22H23ClN2O. The Morgan fingerprint density at radius 1 is 1.23 bits per heavy atom. The Labute approximate surface area is 159 Å². The van der Waals surface area contributed by atoms with Crippen molar-refractivity contribution in [2.75, 3.05) is 11.9 Å². The van der Waals surface area contributed by atoms with Crippen molar-refractivity contribution < 1.29 is 4.79 Å². The van der Waals surface area contributed by atoms with Gasteiger partial charge in [-0.3, -0.25) is 4.79 Å². The summed E-state index contributed by atoms with van der Waals surface area (Å²) in [4.78, 5) is 12.3. The molecule has 2 aromatic carbocycles. The molecule has 0 fully saturated rings. The van der Waals surface area contributed by atoms with Gasteiger partial charge in [-0.15, -0.1) is 0 Å². The van der Waals surface area contributed by atoms with E-state index < -0.39 is 0 Å². The lowest BCUT2D eigenvalue weighted by Crippen LogP contribution is -2.30. The molecule has 0 bridgehead atoms. The number of hydrogen-bond donors (Lipinski definition) is 2. The molecule has 0 saturated carbocycles. The summed E-state index contributed by atoms with van der Waals surface area (Å²) in [6.45, 7) is 2.76. The van der Waals surface area contributed by atoms with E-state index in [-0.39, 0.29) is 11.9 Å². The Morgan fingerprint density at radius 2 is 2.04 bits per heavy atom. The van der Waals surface area contributed by atoms with Gasteiger partial charge in [0.15, 0.2) is 0 Å². The third-order valence-electron chi connectivity index (χ3n) is 5.39. The van der Waals surface area contributed by atoms with E-state index in [1.807, 2.05) is 24.3 Å². The number of nitrogens with one attached hydrogen (secondary N) is 2. The second-order valence-electron chi connectivity index (χ2n) is 7.08. The number of hydrogen-bond acceptors (Lipinski definition) is 2. The fourth-order valence-electron chi connectivity index (χ4n) is 4.08. The highest BCUT2D eigenvalue weighted by Crippen LogP contribution is 2.49. The summed E-state index contributed by atoms with van der Waals surface area (Å²) in [5, 5.41) is 7.42. The highest BCUT2D eigenvalue weighted by molar-refractivity contribution is 6.30. The monoisotopic (exact) mass is 366 g/mol. The number of fused-ring (bicyclic) bond motifs is 3. The number of halogens is 1. The van der Waals surface area contributed by atoms with Crippen molar-refractivity contribution in [3.63, 3.8) is 0 Å². The summed E-state index contributed by atoms with van der Waals surface area (Å²) in [6, 6.07) is 14.4. The molecule has 0 spiro atoms. The second kappa shape index (κ2) is 7.16. The van der Waals surface area contributed by atoms with Crippen molar-refractivity contribution in [2.24, 2.45) is 5.92 Å². The van der Waals surface area contributed by atoms with Crippen molar-refractivity contribution in [1.82, 2.24) is 5.32 Å². The zero-order chi connectivity index (χ0) is 18.1. The summed E-state index contributed by atoms with van der Waals surface area (Å²) in [5.74, 6) is 0.802. The van der Waals surface area contributed by atoms with Gasteiger partial charge in [0.25, 0.3) is 5.91 Å². The van der Waals surface area contributed by atoms with E-state index in [0.717, 1.165) is 29.1 Å². The van der Waals surface area contributed by atoms with E-state index >= 15 is 0 Å². The van der Waals surface area contributed by atoms with Gasteiger partial charge in [0, 0.05) is 28.7 Å². The Morgan fingerprint density at radius 3 is 2.81 bits per heavy atom. The van der Waals surface area contributed by atoms with Gasteiger partial charge < -0.3 is 10.6 Å². The van der Waals surface area contributed by atoms with Gasteiger partial charge >= 0.3 is 0 Å². The molecule has 2 aliphatic rings. The number of anilines is 1. The summed E-state index contributed by atoms with van der Waals surface area (Å²) in [7, 11) is 0. The van der Waals surface area contributed by atoms with Crippen LogP contribution in [0, 0.1) is 5.92 Å². The summed E-state index contributed by atoms with van der Waals surface area (Å²) < 4.78 is 0. The smallest absolute Gasteiger partial charge is 0.251 e. The molecule has 0 unspecified atom stereocenters. The highest BCUT2D eigenvalue weighted by Gasteiger charge is 2.38. The summed E-state index contributed by atoms with van der Waals surface area (Å²) in [6.07, 6.45) is 6.53. The lowest BCUT2D eigenvalue weighted by atomic mass is 9.76. The van der Waals surface area contributed by atoms with Crippen LogP contribution in [0.5, 0.6) is 0 Å². The van der Waals surface area contributed by atoms with Gasteiger partial charge in [0.1, 0.15) is 0 Å². The van der Waals surface area contributed by atoms with Crippen LogP contribution >= 0.6 is 11.6 Å². The Kier molecular flexibility index (Phi) is 4.73. The molecule has 0 saturated heterocycles. The molecule has 134 valence electrons. The number of benzene rings is 2. The van der Waals surface area contributed by atoms with E-state index in [9.17, 15) is 4.79 Å². The lowest BCUT2D eigenvalue weighted by Gasteiger charge is -2.37. The third-order valence-corrected chi connectivity index (χ3v) is 5.64. The van der Waals surface area contributed by atoms with Crippen molar-refractivity contribution in [1.29, 1.82) is 0 Å². The Hall–Kier alpha value is -2.26. The molecule has 1 aliphatic carbocycles. The molecule has 1 aliphatic heterocycles. The molecule has 4 heteroatoms. The molecule has 0 aromatic heterocycles. The minimum absolute atomic E-state index is 0.00741. The molecule has 26 heavy (non-hydrogen) atoms. The van der Waals surface area contributed by atoms with Gasteiger partial charge in [-0.25, -0.2) is 0 Å². The second-order valence-corrected chi connectivity index (χ2v) is 7.52. The fraction of sp³-hybridized carbons (Fsp3) is 0.318. The normalized spacial score (nSPS) is 23.1. The van der Waals surface area contributed by atoms with Gasteiger partial charge in [-0.05, 0) is 60.2 Å². The average Bonchev–Trinajstić information content (AvgIpc) is 3.16. The first kappa shape index (κ1) is 17.2. The quantitative estimate of drug-likeness (QED) is 0.720. The highest BCUT2D eigenvalue weighted by atomic mass is 35.5. The maximum absolute atomic E-state index is 12.3. The van der Waals surface area contributed by atoms with E-state index in [1.165, 1.54) is 11.1 Å². The van der Waals surface area contributed by atoms with Crippen LogP contribution in [0.2, 0.25) is 5.02 Å². The number of allylic oxidation sites excluding steroid dienone is 2. The molecule has 4 rings (SSSR count). The van der Waals surface area contributed by atoms with Crippen LogP contribution in [0.15, 0.2) is 54.6 Å². The first-order valence-electron chi connectivity index (χ1n) is 9.28. The van der Waals surface area contributed by atoms with Gasteiger partial charge in [0.05, 0.1) is 6.04 Å². The number of carbonyl (C=O) groups is 1. The topological polar surface area (TPSA) is 41.1 Å². The SMILES string of the molecule is CCCNC(=O)c1ccc2c(c1)[C@@H]1C=CC[C@@H]1[C@H](c1ccc(Cl)cc1)N2. The van der Waals surface area contributed by atoms with E-state index in [4.69, 9.17) is 11.6 Å². The van der Waals surface area contributed by atoms with Crippen LogP contribution in [0.25, 0.3) is 0 Å². The maximum Gasteiger partial charge on any atom is 0.251 e. The molecule has 3 atom stereocenters. The molecule has 3 nitrogen and oxygen atoms in total. The summed E-state index contributed by atoms with van der Waals surface area (Å²) in [5.41, 5.74) is 4.33. The maximum atomic E-state index is 12.3. The zero-order valence-electron chi connectivity index (χ0n) is 14.8. The Balaban J connectivity index is 1.66. The predicted octanol–water partition coefficient (Wildman–Crippen LogP) is 5.31. The van der Waals surface area contributed by atoms with E-state index in [2.05, 4.69) is 47.9 Å². The number of amides is 1. The van der Waals surface area contributed by atoms with Crippen molar-refractivity contribution in [3.05, 3.63) is 76.3 Å². The third kappa shape index (κ3) is 3.12. The minimum atomic E-state index is 0.00741. The van der Waals surface area contributed by atoms with Crippen LogP contribution < -0.4 is 10.6 Å². The molecular weight excluding hydrogens is 344 g/mol. The van der Waals surface area contributed by atoms with Gasteiger partial charge in [-0.2, -0.15) is 0 Å². The summed E-state index contributed by atoms with van der Waals surface area (Å²) >= 11 is 6.06. The average molecular weight is 367 g/mol. The predicted molar refractivity (Wildman–Crippen MR) is 107 cm³/mol. The van der Waals surface area contributed by atoms with Crippen LogP contribution in [0.4, 0.5) is 5.69 Å². The largest absolute Gasteiger partial charge is 0.378 e. The number of carbonyl (C=O) groups excluding carboxylic acids is 1. The first-order chi connectivity index (χ1) is 12.7. The number of rotatable bonds is 4. The zero-order valence-corrected chi connectivity index (χ0v) is 15.6. The molecule has 0 radical (unpaired) electrons. The Bertz CT molecular complexity index is 844. The fourth-order valence-corrected chi connectivity index (χ4v) is 4.20. The molecule has 2 N–H and O–H groups in total. The van der Waals surface area contributed by atoms with E-state index in [0.29, 0.717) is 18.4 Å².